The molecule has 12 heavy (non-hydrogen) atoms. The van der Waals surface area contributed by atoms with Crippen LogP contribution in [-0.2, 0) is 0 Å². The average Bonchev–Trinajstić information content (AvgIpc) is 2.49. The highest BCUT2D eigenvalue weighted by Crippen LogP contribution is 2.28. The van der Waals surface area contributed by atoms with E-state index >= 15 is 0 Å². The summed E-state index contributed by atoms with van der Waals surface area (Å²) in [6.07, 6.45) is -1.75. The predicted molar refractivity (Wildman–Crippen MR) is 52.0 cm³/mol. The Labute approximate surface area is 83.0 Å². The van der Waals surface area contributed by atoms with Crippen LogP contribution in [0.25, 0.3) is 0 Å². The number of hydrogen-bond donors (Lipinski definition) is 3. The molecule has 2 unspecified atom stereocenters. The van der Waals surface area contributed by atoms with Gasteiger partial charge in [-0.15, -0.1) is 11.3 Å². The van der Waals surface area contributed by atoms with E-state index in [4.69, 9.17) is 5.73 Å². The van der Waals surface area contributed by atoms with E-state index in [1.165, 1.54) is 11.3 Å². The molecule has 1 rings (SSSR count). The lowest BCUT2D eigenvalue weighted by Gasteiger charge is -2.13. The second kappa shape index (κ2) is 4.34. The van der Waals surface area contributed by atoms with Gasteiger partial charge in [-0.2, -0.15) is 0 Å². The van der Waals surface area contributed by atoms with Crippen LogP contribution >= 0.6 is 27.3 Å². The Morgan fingerprint density at radius 2 is 2.17 bits per heavy atom. The normalized spacial score (nSPS) is 16.0. The van der Waals surface area contributed by atoms with E-state index in [9.17, 15) is 10.2 Å². The molecule has 1 aromatic heterocycles. The van der Waals surface area contributed by atoms with Crippen LogP contribution in [0.4, 0.5) is 0 Å². The molecule has 3 nitrogen and oxygen atoms in total. The molecule has 1 aromatic rings. The van der Waals surface area contributed by atoms with Crippen molar-refractivity contribution in [1.82, 2.24) is 0 Å². The minimum absolute atomic E-state index is 0.0662. The first-order valence-electron chi connectivity index (χ1n) is 3.46. The van der Waals surface area contributed by atoms with Crippen molar-refractivity contribution >= 4 is 27.3 Å². The van der Waals surface area contributed by atoms with Gasteiger partial charge in [0.1, 0.15) is 6.10 Å². The fourth-order valence-corrected chi connectivity index (χ4v) is 2.27. The van der Waals surface area contributed by atoms with Crippen molar-refractivity contribution in [2.24, 2.45) is 5.73 Å². The zero-order chi connectivity index (χ0) is 9.14. The van der Waals surface area contributed by atoms with Crippen molar-refractivity contribution in [3.05, 3.63) is 20.8 Å². The lowest BCUT2D eigenvalue weighted by molar-refractivity contribution is 0.0265. The van der Waals surface area contributed by atoms with Gasteiger partial charge in [0.25, 0.3) is 0 Å². The summed E-state index contributed by atoms with van der Waals surface area (Å²) in [6, 6.07) is 3.59. The van der Waals surface area contributed by atoms with Crippen molar-refractivity contribution in [2.45, 2.75) is 12.2 Å². The lowest BCUT2D eigenvalue weighted by atomic mass is 10.2. The molecular formula is C7H10BrNO2S. The number of halogens is 1. The van der Waals surface area contributed by atoms with Gasteiger partial charge in [-0.25, -0.2) is 0 Å². The summed E-state index contributed by atoms with van der Waals surface area (Å²) < 4.78 is 0.931. The van der Waals surface area contributed by atoms with Crippen LogP contribution < -0.4 is 5.73 Å². The fraction of sp³-hybridized carbons (Fsp3) is 0.429. The molecule has 1 heterocycles. The van der Waals surface area contributed by atoms with E-state index in [2.05, 4.69) is 15.9 Å². The van der Waals surface area contributed by atoms with E-state index in [-0.39, 0.29) is 6.54 Å². The Balaban J connectivity index is 2.70. The summed E-state index contributed by atoms with van der Waals surface area (Å²) in [5.41, 5.74) is 5.20. The SMILES string of the molecule is NCC(O)C(O)c1ccc(Br)s1. The molecule has 0 fully saturated rings. The molecule has 0 aliphatic rings. The standard InChI is InChI=1S/C7H10BrNO2S/c8-6-2-1-5(12-6)7(11)4(10)3-9/h1-2,4,7,10-11H,3,9H2. The third-order valence-corrected chi connectivity index (χ3v) is 3.19. The van der Waals surface area contributed by atoms with Crippen molar-refractivity contribution in [3.8, 4) is 0 Å². The Kier molecular flexibility index (Phi) is 3.67. The van der Waals surface area contributed by atoms with Crippen LogP contribution in [0.15, 0.2) is 15.9 Å². The van der Waals surface area contributed by atoms with Crippen molar-refractivity contribution in [3.63, 3.8) is 0 Å². The monoisotopic (exact) mass is 251 g/mol. The van der Waals surface area contributed by atoms with E-state index in [1.807, 2.05) is 6.07 Å². The Morgan fingerprint density at radius 3 is 2.58 bits per heavy atom. The molecule has 0 amide bonds. The molecule has 68 valence electrons. The maximum Gasteiger partial charge on any atom is 0.115 e. The van der Waals surface area contributed by atoms with Crippen LogP contribution in [0.1, 0.15) is 11.0 Å². The van der Waals surface area contributed by atoms with Crippen molar-refractivity contribution in [2.75, 3.05) is 6.54 Å². The smallest absolute Gasteiger partial charge is 0.115 e. The van der Waals surface area contributed by atoms with E-state index in [0.29, 0.717) is 0 Å². The van der Waals surface area contributed by atoms with E-state index in [0.717, 1.165) is 8.66 Å². The third kappa shape index (κ3) is 2.27. The number of aliphatic hydroxyl groups is 2. The molecular weight excluding hydrogens is 242 g/mol. The van der Waals surface area contributed by atoms with Gasteiger partial charge in [0, 0.05) is 11.4 Å². The zero-order valence-electron chi connectivity index (χ0n) is 6.27. The van der Waals surface area contributed by atoms with Crippen LogP contribution in [0.2, 0.25) is 0 Å². The summed E-state index contributed by atoms with van der Waals surface area (Å²) >= 11 is 4.66. The molecule has 0 radical (unpaired) electrons. The number of rotatable bonds is 3. The highest BCUT2D eigenvalue weighted by atomic mass is 79.9. The molecule has 4 N–H and O–H groups in total. The average molecular weight is 252 g/mol. The number of aliphatic hydroxyl groups excluding tert-OH is 2. The molecule has 0 saturated carbocycles. The second-order valence-electron chi connectivity index (χ2n) is 2.39. The number of hydrogen-bond acceptors (Lipinski definition) is 4. The van der Waals surface area contributed by atoms with Crippen molar-refractivity contribution < 1.29 is 10.2 Å². The lowest BCUT2D eigenvalue weighted by Crippen LogP contribution is -2.26. The fourth-order valence-electron chi connectivity index (χ4n) is 0.806. The Morgan fingerprint density at radius 1 is 1.50 bits per heavy atom. The van der Waals surface area contributed by atoms with Gasteiger partial charge in [-0.3, -0.25) is 0 Å². The topological polar surface area (TPSA) is 66.5 Å². The summed E-state index contributed by atoms with van der Waals surface area (Å²) in [6.45, 7) is 0.0662. The van der Waals surface area contributed by atoms with Gasteiger partial charge < -0.3 is 15.9 Å². The number of thiophene rings is 1. The molecule has 0 aliphatic carbocycles. The van der Waals surface area contributed by atoms with Crippen LogP contribution in [0.5, 0.6) is 0 Å². The summed E-state index contributed by atoms with van der Waals surface area (Å²) in [5, 5.41) is 18.7. The zero-order valence-corrected chi connectivity index (χ0v) is 8.68. The molecule has 5 heteroatoms. The first kappa shape index (κ1) is 10.1. The highest BCUT2D eigenvalue weighted by molar-refractivity contribution is 9.11. The van der Waals surface area contributed by atoms with E-state index in [1.54, 1.807) is 6.07 Å². The van der Waals surface area contributed by atoms with Crippen LogP contribution in [0, 0.1) is 0 Å². The maximum atomic E-state index is 9.46. The molecule has 2 atom stereocenters. The van der Waals surface area contributed by atoms with Gasteiger partial charge in [0.2, 0.25) is 0 Å². The van der Waals surface area contributed by atoms with Gasteiger partial charge in [0.05, 0.1) is 9.89 Å². The van der Waals surface area contributed by atoms with Gasteiger partial charge in [-0.05, 0) is 28.1 Å². The second-order valence-corrected chi connectivity index (χ2v) is 4.88. The molecule has 0 saturated heterocycles. The quantitative estimate of drug-likeness (QED) is 0.747. The molecule has 0 spiro atoms. The van der Waals surface area contributed by atoms with E-state index < -0.39 is 12.2 Å². The largest absolute Gasteiger partial charge is 0.389 e. The maximum absolute atomic E-state index is 9.46. The van der Waals surface area contributed by atoms with Gasteiger partial charge in [-0.1, -0.05) is 0 Å². The summed E-state index contributed by atoms with van der Waals surface area (Å²) in [7, 11) is 0. The first-order chi connectivity index (χ1) is 5.65. The molecule has 0 aliphatic heterocycles. The molecule has 0 bridgehead atoms. The van der Waals surface area contributed by atoms with Gasteiger partial charge in [0.15, 0.2) is 0 Å². The minimum atomic E-state index is -0.879. The molecule has 0 aromatic carbocycles. The summed E-state index contributed by atoms with van der Waals surface area (Å²) in [4.78, 5) is 0.722. The van der Waals surface area contributed by atoms with Crippen LogP contribution in [0.3, 0.4) is 0 Å². The Hall–Kier alpha value is 0.0600. The van der Waals surface area contributed by atoms with Crippen LogP contribution in [-0.4, -0.2) is 22.9 Å². The summed E-state index contributed by atoms with van der Waals surface area (Å²) in [5.74, 6) is 0. The third-order valence-electron chi connectivity index (χ3n) is 1.49. The highest BCUT2D eigenvalue weighted by Gasteiger charge is 2.17. The van der Waals surface area contributed by atoms with Crippen molar-refractivity contribution in [1.29, 1.82) is 0 Å². The van der Waals surface area contributed by atoms with Gasteiger partial charge >= 0.3 is 0 Å². The Bertz CT molecular complexity index is 253. The number of nitrogens with two attached hydrogens (primary N) is 1. The first-order valence-corrected chi connectivity index (χ1v) is 5.07. The minimum Gasteiger partial charge on any atom is -0.389 e. The predicted octanol–water partition coefficient (Wildman–Crippen LogP) is 0.864.